The highest BCUT2D eigenvalue weighted by Crippen LogP contribution is 2.34. The van der Waals surface area contributed by atoms with Crippen molar-refractivity contribution in [3.8, 4) is 5.75 Å². The Labute approximate surface area is 183 Å². The van der Waals surface area contributed by atoms with E-state index in [0.717, 1.165) is 24.4 Å². The molecule has 0 saturated carbocycles. The highest BCUT2D eigenvalue weighted by molar-refractivity contribution is 6.35. The smallest absolute Gasteiger partial charge is 0.278 e. The first-order valence-corrected chi connectivity index (χ1v) is 10.9. The summed E-state index contributed by atoms with van der Waals surface area (Å²) in [6.07, 6.45) is 0. The van der Waals surface area contributed by atoms with Gasteiger partial charge in [-0.05, 0) is 50.6 Å². The Balaban J connectivity index is 1.64. The molecule has 4 rings (SSSR count). The van der Waals surface area contributed by atoms with Crippen LogP contribution in [0.15, 0.2) is 60.3 Å². The third kappa shape index (κ3) is 4.02. The lowest BCUT2D eigenvalue weighted by molar-refractivity contribution is -0.139. The highest BCUT2D eigenvalue weighted by atomic mass is 16.5. The molecule has 0 bridgehead atoms. The lowest BCUT2D eigenvalue weighted by Gasteiger charge is -2.37. The highest BCUT2D eigenvalue weighted by Gasteiger charge is 2.43. The van der Waals surface area contributed by atoms with E-state index in [9.17, 15) is 9.59 Å². The number of carbonyl (C=O) groups excluding carboxylic acids is 2. The van der Waals surface area contributed by atoms with Crippen LogP contribution in [0.2, 0.25) is 0 Å². The molecule has 2 amide bonds. The summed E-state index contributed by atoms with van der Waals surface area (Å²) in [5, 5.41) is 0. The van der Waals surface area contributed by atoms with Crippen LogP contribution in [0, 0.1) is 0 Å². The van der Waals surface area contributed by atoms with Crippen LogP contribution in [0.1, 0.15) is 26.3 Å². The van der Waals surface area contributed by atoms with E-state index in [-0.39, 0.29) is 17.9 Å². The maximum absolute atomic E-state index is 13.3. The second kappa shape index (κ2) is 8.84. The van der Waals surface area contributed by atoms with Crippen molar-refractivity contribution >= 4 is 23.1 Å². The second-order valence-electron chi connectivity index (χ2n) is 8.06. The lowest BCUT2D eigenvalue weighted by Crippen LogP contribution is -2.48. The average molecular weight is 420 g/mol. The summed E-state index contributed by atoms with van der Waals surface area (Å²) >= 11 is 0. The van der Waals surface area contributed by atoms with Crippen molar-refractivity contribution in [1.82, 2.24) is 9.80 Å². The van der Waals surface area contributed by atoms with Crippen LogP contribution < -0.4 is 9.64 Å². The van der Waals surface area contributed by atoms with E-state index in [0.29, 0.717) is 31.0 Å². The van der Waals surface area contributed by atoms with E-state index >= 15 is 0 Å². The zero-order chi connectivity index (χ0) is 22.0. The molecule has 0 spiro atoms. The number of piperazine rings is 1. The number of hydrogen-bond donors (Lipinski definition) is 0. The molecule has 2 aliphatic rings. The second-order valence-corrected chi connectivity index (χ2v) is 8.06. The molecule has 0 aromatic heterocycles. The molecule has 31 heavy (non-hydrogen) atoms. The molecular weight excluding hydrogens is 390 g/mol. The summed E-state index contributed by atoms with van der Waals surface area (Å²) in [6.45, 7) is 9.25. The normalized spacial score (nSPS) is 17.2. The topological polar surface area (TPSA) is 53.1 Å². The van der Waals surface area contributed by atoms with Crippen LogP contribution in [0.4, 0.5) is 5.69 Å². The maximum atomic E-state index is 13.3. The Morgan fingerprint density at radius 3 is 2.03 bits per heavy atom. The van der Waals surface area contributed by atoms with Gasteiger partial charge in [0.15, 0.2) is 0 Å². The molecule has 1 fully saturated rings. The van der Waals surface area contributed by atoms with Gasteiger partial charge in [-0.25, -0.2) is 0 Å². The van der Waals surface area contributed by atoms with Crippen LogP contribution in [-0.2, 0) is 9.59 Å². The van der Waals surface area contributed by atoms with Gasteiger partial charge in [0.1, 0.15) is 11.4 Å². The number of para-hydroxylation sites is 1. The fourth-order valence-corrected chi connectivity index (χ4v) is 4.27. The monoisotopic (exact) mass is 419 g/mol. The number of nitrogens with zero attached hydrogens (tertiary/aromatic N) is 3. The van der Waals surface area contributed by atoms with Gasteiger partial charge in [0.05, 0.1) is 12.2 Å². The van der Waals surface area contributed by atoms with E-state index in [1.165, 1.54) is 10.6 Å². The van der Waals surface area contributed by atoms with E-state index in [1.54, 1.807) is 0 Å². The first-order chi connectivity index (χ1) is 15.0. The molecular formula is C25H29N3O3. The molecule has 0 aliphatic carbocycles. The molecule has 162 valence electrons. The summed E-state index contributed by atoms with van der Waals surface area (Å²) in [7, 11) is 0. The van der Waals surface area contributed by atoms with Crippen LogP contribution in [0.3, 0.4) is 0 Å². The standard InChI is InChI=1S/C25H29N3O3/c1-4-31-21-12-10-19(11-13-21)22-23(25(30)28(18(2)3)24(22)29)27-16-14-26(15-17-27)20-8-6-5-7-9-20/h5-13,18H,4,14-17H2,1-3H3. The largest absolute Gasteiger partial charge is 0.494 e. The first-order valence-electron chi connectivity index (χ1n) is 10.9. The number of benzene rings is 2. The Morgan fingerprint density at radius 1 is 0.839 bits per heavy atom. The predicted octanol–water partition coefficient (Wildman–Crippen LogP) is 3.40. The molecule has 0 radical (unpaired) electrons. The van der Waals surface area contributed by atoms with Gasteiger partial charge in [-0.1, -0.05) is 30.3 Å². The van der Waals surface area contributed by atoms with Gasteiger partial charge in [-0.15, -0.1) is 0 Å². The van der Waals surface area contributed by atoms with Gasteiger partial charge in [0, 0.05) is 37.9 Å². The summed E-state index contributed by atoms with van der Waals surface area (Å²) in [5.41, 5.74) is 2.96. The van der Waals surface area contributed by atoms with Crippen molar-refractivity contribution in [3.05, 3.63) is 65.9 Å². The molecule has 2 aromatic rings. The van der Waals surface area contributed by atoms with Gasteiger partial charge in [-0.3, -0.25) is 14.5 Å². The SMILES string of the molecule is CCOc1ccc(C2=C(N3CCN(c4ccccc4)CC3)C(=O)N(C(C)C)C2=O)cc1. The van der Waals surface area contributed by atoms with Gasteiger partial charge in [0.25, 0.3) is 11.8 Å². The number of anilines is 1. The summed E-state index contributed by atoms with van der Waals surface area (Å²) in [4.78, 5) is 32.4. The molecule has 6 heteroatoms. The summed E-state index contributed by atoms with van der Waals surface area (Å²) in [5.74, 6) is 0.337. The zero-order valence-electron chi connectivity index (χ0n) is 18.4. The van der Waals surface area contributed by atoms with Crippen molar-refractivity contribution in [1.29, 1.82) is 0 Å². The van der Waals surface area contributed by atoms with Crippen LogP contribution in [0.5, 0.6) is 5.75 Å². The van der Waals surface area contributed by atoms with Gasteiger partial charge in [-0.2, -0.15) is 0 Å². The minimum atomic E-state index is -0.218. The molecule has 0 N–H and O–H groups in total. The molecule has 0 unspecified atom stereocenters. The van der Waals surface area contributed by atoms with Crippen molar-refractivity contribution < 1.29 is 14.3 Å². The third-order valence-corrected chi connectivity index (χ3v) is 5.78. The quantitative estimate of drug-likeness (QED) is 0.672. The lowest BCUT2D eigenvalue weighted by atomic mass is 10.0. The number of amides is 2. The van der Waals surface area contributed by atoms with E-state index in [4.69, 9.17) is 4.74 Å². The van der Waals surface area contributed by atoms with Gasteiger partial charge in [0.2, 0.25) is 0 Å². The third-order valence-electron chi connectivity index (χ3n) is 5.78. The molecule has 2 heterocycles. The predicted molar refractivity (Wildman–Crippen MR) is 122 cm³/mol. The first kappa shape index (κ1) is 21.0. The Kier molecular flexibility index (Phi) is 5.98. The summed E-state index contributed by atoms with van der Waals surface area (Å²) < 4.78 is 5.53. The zero-order valence-corrected chi connectivity index (χ0v) is 18.4. The number of hydrogen-bond acceptors (Lipinski definition) is 5. The molecule has 2 aromatic carbocycles. The Morgan fingerprint density at radius 2 is 1.45 bits per heavy atom. The fraction of sp³-hybridized carbons (Fsp3) is 0.360. The van der Waals surface area contributed by atoms with Crippen molar-refractivity contribution in [2.75, 3.05) is 37.7 Å². The average Bonchev–Trinajstić information content (AvgIpc) is 3.05. The van der Waals surface area contributed by atoms with Crippen molar-refractivity contribution in [2.24, 2.45) is 0 Å². The minimum Gasteiger partial charge on any atom is -0.494 e. The maximum Gasteiger partial charge on any atom is 0.278 e. The number of carbonyl (C=O) groups is 2. The summed E-state index contributed by atoms with van der Waals surface area (Å²) in [6, 6.07) is 17.5. The molecule has 2 aliphatic heterocycles. The molecule has 0 atom stereocenters. The van der Waals surface area contributed by atoms with Crippen LogP contribution in [-0.4, -0.2) is 60.4 Å². The molecule has 1 saturated heterocycles. The number of ether oxygens (including phenoxy) is 1. The van der Waals surface area contributed by atoms with Crippen LogP contribution in [0.25, 0.3) is 5.57 Å². The fourth-order valence-electron chi connectivity index (χ4n) is 4.27. The van der Waals surface area contributed by atoms with Crippen molar-refractivity contribution in [2.45, 2.75) is 26.8 Å². The van der Waals surface area contributed by atoms with Gasteiger partial charge >= 0.3 is 0 Å². The minimum absolute atomic E-state index is 0.194. The van der Waals surface area contributed by atoms with Crippen molar-refractivity contribution in [3.63, 3.8) is 0 Å². The number of imide groups is 1. The van der Waals surface area contributed by atoms with Gasteiger partial charge < -0.3 is 14.5 Å². The van der Waals surface area contributed by atoms with Crippen LogP contribution >= 0.6 is 0 Å². The van der Waals surface area contributed by atoms with E-state index in [1.807, 2.05) is 63.2 Å². The Hall–Kier alpha value is -3.28. The molecule has 6 nitrogen and oxygen atoms in total. The van der Waals surface area contributed by atoms with E-state index in [2.05, 4.69) is 21.9 Å². The number of rotatable bonds is 6. The van der Waals surface area contributed by atoms with E-state index < -0.39 is 0 Å². The Bertz CT molecular complexity index is 975.